The van der Waals surface area contributed by atoms with Gasteiger partial charge in [-0.1, -0.05) is 0 Å². The number of sulfonamides is 1. The first kappa shape index (κ1) is 10.7. The van der Waals surface area contributed by atoms with E-state index in [0.29, 0.717) is 5.82 Å². The lowest BCUT2D eigenvalue weighted by molar-refractivity contribution is 0.600. The summed E-state index contributed by atoms with van der Waals surface area (Å²) in [6.07, 6.45) is 2.48. The van der Waals surface area contributed by atoms with E-state index in [0.717, 1.165) is 10.6 Å². The van der Waals surface area contributed by atoms with Crippen molar-refractivity contribution in [2.24, 2.45) is 0 Å². The number of anilines is 2. The molecule has 2 N–H and O–H groups in total. The molecule has 0 fully saturated rings. The Balaban J connectivity index is 3.26. The number of nitrogen functional groups attached to an aromatic ring is 1. The Kier molecular flexibility index (Phi) is 2.61. The molecule has 0 amide bonds. The van der Waals surface area contributed by atoms with Crippen LogP contribution in [0.4, 0.5) is 11.5 Å². The maximum atomic E-state index is 11.2. The first-order valence-corrected chi connectivity index (χ1v) is 5.70. The van der Waals surface area contributed by atoms with Gasteiger partial charge in [-0.05, 0) is 6.92 Å². The van der Waals surface area contributed by atoms with Crippen LogP contribution >= 0.6 is 0 Å². The van der Waals surface area contributed by atoms with Crippen LogP contribution in [0.3, 0.4) is 0 Å². The second kappa shape index (κ2) is 3.41. The fourth-order valence-corrected chi connectivity index (χ4v) is 1.34. The molecule has 0 saturated carbocycles. The van der Waals surface area contributed by atoms with E-state index in [1.807, 2.05) is 0 Å². The van der Waals surface area contributed by atoms with Crippen molar-refractivity contribution >= 4 is 21.5 Å². The summed E-state index contributed by atoms with van der Waals surface area (Å²) in [5, 5.41) is 0. The predicted octanol–water partition coefficient (Wildman–Crippen LogP) is -0.237. The zero-order valence-electron chi connectivity index (χ0n) is 8.22. The van der Waals surface area contributed by atoms with Crippen molar-refractivity contribution in [2.75, 3.05) is 23.3 Å². The Labute approximate surface area is 82.8 Å². The van der Waals surface area contributed by atoms with E-state index in [-0.39, 0.29) is 11.5 Å². The molecule has 6 nitrogen and oxygen atoms in total. The normalized spacial score (nSPS) is 11.4. The molecule has 0 aliphatic heterocycles. The molecule has 0 bridgehead atoms. The van der Waals surface area contributed by atoms with Crippen LogP contribution in [0.5, 0.6) is 0 Å². The second-order valence-electron chi connectivity index (χ2n) is 2.93. The number of nitrogens with two attached hydrogens (primary N) is 1. The SMILES string of the molecule is Cc1ncc(N)c(N(C)S(C)(=O)=O)n1. The van der Waals surface area contributed by atoms with Gasteiger partial charge < -0.3 is 5.73 Å². The minimum atomic E-state index is -3.33. The van der Waals surface area contributed by atoms with Gasteiger partial charge in [-0.2, -0.15) is 0 Å². The van der Waals surface area contributed by atoms with Crippen LogP contribution in [-0.4, -0.2) is 31.7 Å². The predicted molar refractivity (Wildman–Crippen MR) is 54.4 cm³/mol. The highest BCUT2D eigenvalue weighted by atomic mass is 32.2. The summed E-state index contributed by atoms with van der Waals surface area (Å²) in [6.45, 7) is 1.67. The molecule has 7 heteroatoms. The molecule has 78 valence electrons. The molecule has 0 aliphatic rings. The Morgan fingerprint density at radius 1 is 1.50 bits per heavy atom. The van der Waals surface area contributed by atoms with E-state index in [2.05, 4.69) is 9.97 Å². The maximum absolute atomic E-state index is 11.2. The quantitative estimate of drug-likeness (QED) is 0.737. The molecule has 0 radical (unpaired) electrons. The zero-order valence-corrected chi connectivity index (χ0v) is 9.04. The summed E-state index contributed by atoms with van der Waals surface area (Å²) in [5.41, 5.74) is 5.80. The topological polar surface area (TPSA) is 89.2 Å². The largest absolute Gasteiger partial charge is 0.394 e. The van der Waals surface area contributed by atoms with E-state index in [4.69, 9.17) is 5.73 Å². The van der Waals surface area contributed by atoms with Crippen LogP contribution < -0.4 is 10.0 Å². The lowest BCUT2D eigenvalue weighted by Gasteiger charge is -2.16. The monoisotopic (exact) mass is 216 g/mol. The molecule has 0 aliphatic carbocycles. The summed E-state index contributed by atoms with van der Waals surface area (Å²) in [5.74, 6) is 0.685. The smallest absolute Gasteiger partial charge is 0.233 e. The highest BCUT2D eigenvalue weighted by Gasteiger charge is 2.16. The molecule has 14 heavy (non-hydrogen) atoms. The average molecular weight is 216 g/mol. The second-order valence-corrected chi connectivity index (χ2v) is 4.94. The number of hydrogen-bond acceptors (Lipinski definition) is 5. The fourth-order valence-electron chi connectivity index (χ4n) is 0.877. The Bertz CT molecular complexity index is 443. The van der Waals surface area contributed by atoms with Crippen LogP contribution in [-0.2, 0) is 10.0 Å². The summed E-state index contributed by atoms with van der Waals surface area (Å²) >= 11 is 0. The van der Waals surface area contributed by atoms with E-state index in [1.54, 1.807) is 6.92 Å². The third kappa shape index (κ3) is 2.11. The van der Waals surface area contributed by atoms with Gasteiger partial charge >= 0.3 is 0 Å². The van der Waals surface area contributed by atoms with Gasteiger partial charge in [0, 0.05) is 7.05 Å². The molecule has 0 unspecified atom stereocenters. The minimum absolute atomic E-state index is 0.208. The van der Waals surface area contributed by atoms with Crippen molar-refractivity contribution in [3.05, 3.63) is 12.0 Å². The molecule has 0 spiro atoms. The molecule has 1 aromatic heterocycles. The van der Waals surface area contributed by atoms with Crippen LogP contribution in [0.2, 0.25) is 0 Å². The summed E-state index contributed by atoms with van der Waals surface area (Å²) in [6, 6.07) is 0. The van der Waals surface area contributed by atoms with E-state index >= 15 is 0 Å². The zero-order chi connectivity index (χ0) is 10.9. The average Bonchev–Trinajstić information content (AvgIpc) is 2.06. The van der Waals surface area contributed by atoms with Gasteiger partial charge in [-0.15, -0.1) is 0 Å². The third-order valence-electron chi connectivity index (χ3n) is 1.71. The van der Waals surface area contributed by atoms with Crippen LogP contribution in [0.25, 0.3) is 0 Å². The van der Waals surface area contributed by atoms with Crippen molar-refractivity contribution in [2.45, 2.75) is 6.92 Å². The van der Waals surface area contributed by atoms with E-state index in [9.17, 15) is 8.42 Å². The van der Waals surface area contributed by atoms with Gasteiger partial charge in [0.25, 0.3) is 0 Å². The van der Waals surface area contributed by atoms with Gasteiger partial charge in [0.15, 0.2) is 5.82 Å². The molecule has 1 rings (SSSR count). The van der Waals surface area contributed by atoms with Crippen LogP contribution in [0.15, 0.2) is 6.20 Å². The van der Waals surface area contributed by atoms with Gasteiger partial charge in [0.1, 0.15) is 5.82 Å². The Morgan fingerprint density at radius 2 is 2.07 bits per heavy atom. The Morgan fingerprint density at radius 3 is 2.57 bits per heavy atom. The lowest BCUT2D eigenvalue weighted by Crippen LogP contribution is -2.27. The van der Waals surface area contributed by atoms with Crippen molar-refractivity contribution in [1.29, 1.82) is 0 Å². The van der Waals surface area contributed by atoms with Gasteiger partial charge in [0.2, 0.25) is 10.0 Å². The van der Waals surface area contributed by atoms with Crippen LogP contribution in [0.1, 0.15) is 5.82 Å². The number of rotatable bonds is 2. The lowest BCUT2D eigenvalue weighted by atomic mass is 10.5. The standard InChI is InChI=1S/C7H12N4O2S/c1-5-9-4-6(8)7(10-5)11(2)14(3,12)13/h4H,8H2,1-3H3. The molecule has 1 heterocycles. The molecule has 1 aromatic rings. The minimum Gasteiger partial charge on any atom is -0.394 e. The summed E-state index contributed by atoms with van der Waals surface area (Å²) in [7, 11) is -1.94. The maximum Gasteiger partial charge on any atom is 0.233 e. The Hall–Kier alpha value is -1.37. The highest BCUT2D eigenvalue weighted by molar-refractivity contribution is 7.92. The molecular weight excluding hydrogens is 204 g/mol. The number of aromatic nitrogens is 2. The molecule has 0 atom stereocenters. The van der Waals surface area contributed by atoms with E-state index in [1.165, 1.54) is 13.2 Å². The molecular formula is C7H12N4O2S. The van der Waals surface area contributed by atoms with Crippen LogP contribution in [0, 0.1) is 6.92 Å². The molecule has 0 aromatic carbocycles. The van der Waals surface area contributed by atoms with Crippen molar-refractivity contribution in [3.8, 4) is 0 Å². The van der Waals surface area contributed by atoms with Crippen molar-refractivity contribution in [1.82, 2.24) is 9.97 Å². The summed E-state index contributed by atoms with van der Waals surface area (Å²) in [4.78, 5) is 7.80. The first-order chi connectivity index (χ1) is 6.32. The fraction of sp³-hybridized carbons (Fsp3) is 0.429. The first-order valence-electron chi connectivity index (χ1n) is 3.85. The number of nitrogens with zero attached hydrogens (tertiary/aromatic N) is 3. The van der Waals surface area contributed by atoms with Gasteiger partial charge in [-0.3, -0.25) is 4.31 Å². The highest BCUT2D eigenvalue weighted by Crippen LogP contribution is 2.19. The van der Waals surface area contributed by atoms with Crippen molar-refractivity contribution < 1.29 is 8.42 Å². The van der Waals surface area contributed by atoms with Gasteiger partial charge in [0.05, 0.1) is 18.1 Å². The molecule has 0 saturated heterocycles. The number of aryl methyl sites for hydroxylation is 1. The van der Waals surface area contributed by atoms with Gasteiger partial charge in [-0.25, -0.2) is 18.4 Å². The van der Waals surface area contributed by atoms with Crippen molar-refractivity contribution in [3.63, 3.8) is 0 Å². The van der Waals surface area contributed by atoms with E-state index < -0.39 is 10.0 Å². The summed E-state index contributed by atoms with van der Waals surface area (Å²) < 4.78 is 23.4. The number of hydrogen-bond donors (Lipinski definition) is 1. The third-order valence-corrected chi connectivity index (χ3v) is 2.88.